The lowest BCUT2D eigenvalue weighted by Crippen LogP contribution is -2.42. The second kappa shape index (κ2) is 5.73. The zero-order chi connectivity index (χ0) is 13.8. The predicted molar refractivity (Wildman–Crippen MR) is 69.0 cm³/mol. The largest absolute Gasteiger partial charge is 0.484 e. The van der Waals surface area contributed by atoms with E-state index >= 15 is 0 Å². The average molecular weight is 263 g/mol. The number of hydrogen-bond acceptors (Lipinski definition) is 3. The van der Waals surface area contributed by atoms with Crippen LogP contribution in [0.2, 0.25) is 0 Å². The van der Waals surface area contributed by atoms with Crippen molar-refractivity contribution in [3.8, 4) is 5.75 Å². The molecule has 0 radical (unpaired) electrons. The van der Waals surface area contributed by atoms with Gasteiger partial charge in [-0.25, -0.2) is 4.79 Å². The lowest BCUT2D eigenvalue weighted by atomic mass is 10.2. The maximum Gasteiger partial charge on any atom is 0.326 e. The van der Waals surface area contributed by atoms with Crippen LogP contribution in [0.15, 0.2) is 24.3 Å². The Bertz CT molecular complexity index is 486. The molecule has 5 heteroatoms. The number of carboxylic acid groups (broad SMARTS) is 1. The highest BCUT2D eigenvalue weighted by atomic mass is 16.5. The van der Waals surface area contributed by atoms with Gasteiger partial charge in [0.2, 0.25) is 0 Å². The Labute approximate surface area is 111 Å². The Kier molecular flexibility index (Phi) is 4.04. The van der Waals surface area contributed by atoms with Crippen LogP contribution in [0.1, 0.15) is 18.4 Å². The third kappa shape index (κ3) is 3.24. The molecular weight excluding hydrogens is 246 g/mol. The number of carbonyl (C=O) groups excluding carboxylic acids is 1. The fraction of sp³-hybridized carbons (Fsp3) is 0.429. The van der Waals surface area contributed by atoms with Crippen LogP contribution in [0.4, 0.5) is 0 Å². The lowest BCUT2D eigenvalue weighted by Gasteiger charge is -2.21. The molecule has 1 N–H and O–H groups in total. The van der Waals surface area contributed by atoms with Crippen LogP contribution in [-0.4, -0.2) is 41.1 Å². The molecule has 0 saturated carbocycles. The number of likely N-dealkylation sites (tertiary alicyclic amines) is 1. The lowest BCUT2D eigenvalue weighted by molar-refractivity contribution is -0.148. The average Bonchev–Trinajstić information content (AvgIpc) is 2.85. The summed E-state index contributed by atoms with van der Waals surface area (Å²) >= 11 is 0. The first-order chi connectivity index (χ1) is 9.08. The summed E-state index contributed by atoms with van der Waals surface area (Å²) in [5.41, 5.74) is 1.05. The molecule has 1 aliphatic heterocycles. The maximum atomic E-state index is 12.0. The van der Waals surface area contributed by atoms with E-state index in [0.717, 1.165) is 12.0 Å². The van der Waals surface area contributed by atoms with Crippen LogP contribution in [0, 0.1) is 6.92 Å². The normalized spacial score (nSPS) is 18.4. The molecule has 1 heterocycles. The van der Waals surface area contributed by atoms with E-state index in [4.69, 9.17) is 9.84 Å². The van der Waals surface area contributed by atoms with Crippen LogP contribution in [0.25, 0.3) is 0 Å². The molecule has 0 bridgehead atoms. The molecule has 1 atom stereocenters. The third-order valence-corrected chi connectivity index (χ3v) is 3.21. The first kappa shape index (κ1) is 13.4. The van der Waals surface area contributed by atoms with E-state index in [1.807, 2.05) is 25.1 Å². The van der Waals surface area contributed by atoms with Gasteiger partial charge in [-0.3, -0.25) is 4.79 Å². The minimum Gasteiger partial charge on any atom is -0.484 e. The number of carboxylic acids is 1. The molecule has 0 aliphatic carbocycles. The SMILES string of the molecule is Cc1cccc(OCC(=O)N2CCC[C@H]2C(=O)O)c1. The van der Waals surface area contributed by atoms with Crippen molar-refractivity contribution in [1.29, 1.82) is 0 Å². The Balaban J connectivity index is 1.92. The van der Waals surface area contributed by atoms with Gasteiger partial charge in [0.05, 0.1) is 0 Å². The van der Waals surface area contributed by atoms with E-state index in [9.17, 15) is 9.59 Å². The summed E-state index contributed by atoms with van der Waals surface area (Å²) in [6.45, 7) is 2.32. The van der Waals surface area contributed by atoms with E-state index in [-0.39, 0.29) is 12.5 Å². The zero-order valence-corrected chi connectivity index (χ0v) is 10.8. The van der Waals surface area contributed by atoms with Gasteiger partial charge in [0.1, 0.15) is 11.8 Å². The highest BCUT2D eigenvalue weighted by molar-refractivity contribution is 5.85. The molecule has 0 aromatic heterocycles. The summed E-state index contributed by atoms with van der Waals surface area (Å²) in [5.74, 6) is -0.591. The van der Waals surface area contributed by atoms with Gasteiger partial charge in [-0.2, -0.15) is 0 Å². The van der Waals surface area contributed by atoms with Crippen LogP contribution in [0.3, 0.4) is 0 Å². The minimum absolute atomic E-state index is 0.118. The van der Waals surface area contributed by atoms with Gasteiger partial charge in [0.15, 0.2) is 6.61 Å². The van der Waals surface area contributed by atoms with Crippen LogP contribution in [-0.2, 0) is 9.59 Å². The van der Waals surface area contributed by atoms with Crippen molar-refractivity contribution in [3.63, 3.8) is 0 Å². The predicted octanol–water partition coefficient (Wildman–Crippen LogP) is 1.45. The van der Waals surface area contributed by atoms with E-state index in [1.165, 1.54) is 4.90 Å². The molecule has 2 rings (SSSR count). The van der Waals surface area contributed by atoms with Gasteiger partial charge in [-0.1, -0.05) is 12.1 Å². The Morgan fingerprint density at radius 1 is 1.47 bits per heavy atom. The van der Waals surface area contributed by atoms with Gasteiger partial charge in [0, 0.05) is 6.54 Å². The van der Waals surface area contributed by atoms with Gasteiger partial charge in [-0.05, 0) is 37.5 Å². The molecule has 1 aromatic rings. The highest BCUT2D eigenvalue weighted by Crippen LogP contribution is 2.18. The van der Waals surface area contributed by atoms with Crippen molar-refractivity contribution < 1.29 is 19.4 Å². The minimum atomic E-state index is -0.943. The first-order valence-corrected chi connectivity index (χ1v) is 6.29. The third-order valence-electron chi connectivity index (χ3n) is 3.21. The topological polar surface area (TPSA) is 66.8 Å². The molecule has 1 saturated heterocycles. The van der Waals surface area contributed by atoms with Gasteiger partial charge in [-0.15, -0.1) is 0 Å². The molecule has 1 aliphatic rings. The quantitative estimate of drug-likeness (QED) is 0.892. The summed E-state index contributed by atoms with van der Waals surface area (Å²) in [5, 5.41) is 9.02. The maximum absolute atomic E-state index is 12.0. The molecular formula is C14H17NO4. The Morgan fingerprint density at radius 2 is 2.26 bits per heavy atom. The molecule has 102 valence electrons. The van der Waals surface area contributed by atoms with Crippen molar-refractivity contribution in [2.24, 2.45) is 0 Å². The van der Waals surface area contributed by atoms with Crippen LogP contribution in [0.5, 0.6) is 5.75 Å². The van der Waals surface area contributed by atoms with Gasteiger partial charge in [0.25, 0.3) is 5.91 Å². The van der Waals surface area contributed by atoms with Crippen molar-refractivity contribution >= 4 is 11.9 Å². The van der Waals surface area contributed by atoms with E-state index in [1.54, 1.807) is 6.07 Å². The standard InChI is InChI=1S/C14H17NO4/c1-10-4-2-5-11(8-10)19-9-13(16)15-7-3-6-12(15)14(17)18/h2,4-5,8,12H,3,6-7,9H2,1H3,(H,17,18)/t12-/m0/s1. The molecule has 5 nitrogen and oxygen atoms in total. The Hall–Kier alpha value is -2.04. The Morgan fingerprint density at radius 3 is 2.95 bits per heavy atom. The van der Waals surface area contributed by atoms with Crippen molar-refractivity contribution in [1.82, 2.24) is 4.90 Å². The van der Waals surface area contributed by atoms with Crippen LogP contribution < -0.4 is 4.74 Å². The zero-order valence-electron chi connectivity index (χ0n) is 10.8. The number of nitrogens with zero attached hydrogens (tertiary/aromatic N) is 1. The number of carbonyl (C=O) groups is 2. The summed E-state index contributed by atoms with van der Waals surface area (Å²) in [6.07, 6.45) is 1.25. The van der Waals surface area contributed by atoms with E-state index in [0.29, 0.717) is 18.7 Å². The van der Waals surface area contributed by atoms with Gasteiger partial charge < -0.3 is 14.7 Å². The number of benzene rings is 1. The number of aliphatic carboxylic acids is 1. The summed E-state index contributed by atoms with van der Waals surface area (Å²) in [4.78, 5) is 24.3. The first-order valence-electron chi connectivity index (χ1n) is 6.29. The molecule has 0 unspecified atom stereocenters. The molecule has 1 fully saturated rings. The van der Waals surface area contributed by atoms with Gasteiger partial charge >= 0.3 is 5.97 Å². The van der Waals surface area contributed by atoms with E-state index < -0.39 is 12.0 Å². The smallest absolute Gasteiger partial charge is 0.326 e. The van der Waals surface area contributed by atoms with Crippen molar-refractivity contribution in [3.05, 3.63) is 29.8 Å². The fourth-order valence-corrected chi connectivity index (χ4v) is 2.26. The van der Waals surface area contributed by atoms with Crippen molar-refractivity contribution in [2.45, 2.75) is 25.8 Å². The second-order valence-electron chi connectivity index (χ2n) is 4.69. The summed E-state index contributed by atoms with van der Waals surface area (Å²) in [6, 6.07) is 6.71. The highest BCUT2D eigenvalue weighted by Gasteiger charge is 2.33. The molecule has 0 spiro atoms. The number of amides is 1. The number of aryl methyl sites for hydroxylation is 1. The van der Waals surface area contributed by atoms with Crippen molar-refractivity contribution in [2.75, 3.05) is 13.2 Å². The molecule has 1 aromatic carbocycles. The number of rotatable bonds is 4. The molecule has 1 amide bonds. The summed E-state index contributed by atoms with van der Waals surface area (Å²) in [7, 11) is 0. The summed E-state index contributed by atoms with van der Waals surface area (Å²) < 4.78 is 5.40. The fourth-order valence-electron chi connectivity index (χ4n) is 2.26. The number of ether oxygens (including phenoxy) is 1. The van der Waals surface area contributed by atoms with Crippen LogP contribution >= 0.6 is 0 Å². The molecule has 19 heavy (non-hydrogen) atoms. The number of hydrogen-bond donors (Lipinski definition) is 1. The van der Waals surface area contributed by atoms with E-state index in [2.05, 4.69) is 0 Å². The monoisotopic (exact) mass is 263 g/mol. The second-order valence-corrected chi connectivity index (χ2v) is 4.69.